The Morgan fingerprint density at radius 3 is 2.43 bits per heavy atom. The van der Waals surface area contributed by atoms with E-state index < -0.39 is 5.82 Å². The molecule has 0 saturated heterocycles. The molecule has 0 aromatic heterocycles. The van der Waals surface area contributed by atoms with E-state index in [-0.39, 0.29) is 17.0 Å². The van der Waals surface area contributed by atoms with E-state index in [0.29, 0.717) is 5.75 Å². The minimum absolute atomic E-state index is 0.0196. The summed E-state index contributed by atoms with van der Waals surface area (Å²) < 4.78 is 18.9. The maximum Gasteiger partial charge on any atom is 0.240 e. The molecule has 0 radical (unpaired) electrons. The summed E-state index contributed by atoms with van der Waals surface area (Å²) in [6.45, 7) is 4.00. The van der Waals surface area contributed by atoms with E-state index in [1.807, 2.05) is 26.0 Å². The van der Waals surface area contributed by atoms with E-state index in [1.165, 1.54) is 12.1 Å². The average Bonchev–Trinajstić information content (AvgIpc) is 2.53. The van der Waals surface area contributed by atoms with Gasteiger partial charge in [0, 0.05) is 6.07 Å². The van der Waals surface area contributed by atoms with E-state index in [4.69, 9.17) is 10.00 Å². The maximum absolute atomic E-state index is 13.5. The molecule has 4 nitrogen and oxygen atoms in total. The second-order valence-corrected chi connectivity index (χ2v) is 3.53. The van der Waals surface area contributed by atoms with E-state index >= 15 is 0 Å². The number of hydrogen-bond donors (Lipinski definition) is 0. The van der Waals surface area contributed by atoms with Crippen LogP contribution in [0.15, 0.2) is 47.5 Å². The van der Waals surface area contributed by atoms with Crippen LogP contribution in [0.1, 0.15) is 19.4 Å². The molecule has 0 aliphatic heterocycles. The van der Waals surface area contributed by atoms with Crippen molar-refractivity contribution in [3.8, 4) is 17.6 Å². The quantitative estimate of drug-likeness (QED) is 0.616. The molecule has 0 aliphatic carbocycles. The van der Waals surface area contributed by atoms with Crippen LogP contribution in [-0.2, 0) is 4.79 Å². The molecule has 0 atom stereocenters. The summed E-state index contributed by atoms with van der Waals surface area (Å²) in [7, 11) is 0. The topological polar surface area (TPSA) is 62.5 Å². The van der Waals surface area contributed by atoms with Crippen LogP contribution in [0.5, 0.6) is 11.5 Å². The molecule has 2 aromatic rings. The number of hydrogen-bond acceptors (Lipinski definition) is 4. The summed E-state index contributed by atoms with van der Waals surface area (Å²) in [6, 6.07) is 12.7. The van der Waals surface area contributed by atoms with Crippen molar-refractivity contribution in [2.75, 3.05) is 0 Å². The number of carbonyl (C=O) groups excluding carboxylic acids is 1. The molecular formula is C16H13FN2O2. The van der Waals surface area contributed by atoms with Gasteiger partial charge in [0.05, 0.1) is 5.56 Å². The molecule has 21 heavy (non-hydrogen) atoms. The largest absolute Gasteiger partial charge is 0.456 e. The highest BCUT2D eigenvalue weighted by atomic mass is 19.1. The molecule has 5 heteroatoms. The zero-order chi connectivity index (χ0) is 15.7. The first-order chi connectivity index (χ1) is 10.2. The van der Waals surface area contributed by atoms with Gasteiger partial charge in [0.15, 0.2) is 5.82 Å². The Bertz CT molecular complexity index is 687. The third-order valence-electron chi connectivity index (χ3n) is 2.31. The monoisotopic (exact) mass is 284 g/mol. The molecule has 0 amide bonds. The number of para-hydroxylation sites is 1. The second-order valence-electron chi connectivity index (χ2n) is 3.53. The van der Waals surface area contributed by atoms with E-state index in [0.717, 1.165) is 6.07 Å². The van der Waals surface area contributed by atoms with Crippen LogP contribution in [0.3, 0.4) is 0 Å². The number of rotatable bonds is 3. The predicted molar refractivity (Wildman–Crippen MR) is 76.8 cm³/mol. The van der Waals surface area contributed by atoms with Crippen molar-refractivity contribution in [2.45, 2.75) is 13.8 Å². The summed E-state index contributed by atoms with van der Waals surface area (Å²) in [5, 5.41) is 8.94. The molecule has 106 valence electrons. The normalized spacial score (nSPS) is 8.67. The second kappa shape index (κ2) is 8.26. The van der Waals surface area contributed by atoms with Crippen LogP contribution in [-0.4, -0.2) is 6.08 Å². The minimum atomic E-state index is -0.777. The molecule has 0 heterocycles. The Labute approximate surface area is 122 Å². The highest BCUT2D eigenvalue weighted by Gasteiger charge is 2.11. The lowest BCUT2D eigenvalue weighted by atomic mass is 10.2. The molecule has 2 aromatic carbocycles. The Morgan fingerprint density at radius 2 is 1.86 bits per heavy atom. The van der Waals surface area contributed by atoms with Gasteiger partial charge in [0.1, 0.15) is 23.3 Å². The zero-order valence-corrected chi connectivity index (χ0v) is 11.6. The Morgan fingerprint density at radius 1 is 1.19 bits per heavy atom. The Kier molecular flexibility index (Phi) is 6.33. The maximum atomic E-state index is 13.5. The van der Waals surface area contributed by atoms with Crippen molar-refractivity contribution >= 4 is 11.8 Å². The molecule has 2 rings (SSSR count). The van der Waals surface area contributed by atoms with Gasteiger partial charge in [0.2, 0.25) is 6.08 Å². The summed E-state index contributed by atoms with van der Waals surface area (Å²) in [6.07, 6.45) is 1.25. The van der Waals surface area contributed by atoms with Gasteiger partial charge in [-0.15, -0.1) is 0 Å². The van der Waals surface area contributed by atoms with Crippen LogP contribution in [0.25, 0.3) is 0 Å². The van der Waals surface area contributed by atoms with Gasteiger partial charge in [0.25, 0.3) is 0 Å². The number of nitrogens with zero attached hydrogens (tertiary/aromatic N) is 2. The zero-order valence-electron chi connectivity index (χ0n) is 11.6. The molecular weight excluding hydrogens is 271 g/mol. The molecule has 0 N–H and O–H groups in total. The fourth-order valence-corrected chi connectivity index (χ4v) is 1.46. The summed E-state index contributed by atoms with van der Waals surface area (Å²) in [5.74, 6) is -0.156. The Hall–Kier alpha value is -2.96. The average molecular weight is 284 g/mol. The van der Waals surface area contributed by atoms with Gasteiger partial charge in [-0.05, 0) is 18.2 Å². The molecule has 0 fully saturated rings. The van der Waals surface area contributed by atoms with E-state index in [2.05, 4.69) is 4.99 Å². The van der Waals surface area contributed by atoms with Crippen molar-refractivity contribution in [3.63, 3.8) is 0 Å². The summed E-state index contributed by atoms with van der Waals surface area (Å²) in [4.78, 5) is 13.4. The van der Waals surface area contributed by atoms with Crippen molar-refractivity contribution < 1.29 is 13.9 Å². The van der Waals surface area contributed by atoms with Crippen molar-refractivity contribution in [2.24, 2.45) is 4.99 Å². The standard InChI is InChI=1S/C14H7FN2O2.C2H6/c15-12-6-10(8-16)14(7-13(12)17-9-18)19-11-4-2-1-3-5-11;1-2/h1-7H;1-2H3. The number of aliphatic imine (C=N–C) groups is 1. The number of nitriles is 1. The molecule has 0 aliphatic rings. The van der Waals surface area contributed by atoms with Crippen LogP contribution in [0.2, 0.25) is 0 Å². The highest BCUT2D eigenvalue weighted by molar-refractivity contribution is 5.58. The number of benzene rings is 2. The fourth-order valence-electron chi connectivity index (χ4n) is 1.46. The van der Waals surface area contributed by atoms with Crippen molar-refractivity contribution in [1.82, 2.24) is 0 Å². The highest BCUT2D eigenvalue weighted by Crippen LogP contribution is 2.31. The molecule has 0 unspecified atom stereocenters. The Balaban J connectivity index is 0.00000106. The van der Waals surface area contributed by atoms with Gasteiger partial charge < -0.3 is 4.74 Å². The predicted octanol–water partition coefficient (Wildman–Crippen LogP) is 4.48. The third-order valence-corrected chi connectivity index (χ3v) is 2.31. The van der Waals surface area contributed by atoms with Crippen LogP contribution in [0, 0.1) is 17.1 Å². The van der Waals surface area contributed by atoms with Gasteiger partial charge in [-0.1, -0.05) is 32.0 Å². The van der Waals surface area contributed by atoms with Gasteiger partial charge in [-0.25, -0.2) is 9.18 Å². The van der Waals surface area contributed by atoms with Crippen LogP contribution < -0.4 is 4.74 Å². The molecule has 0 spiro atoms. The minimum Gasteiger partial charge on any atom is -0.456 e. The van der Waals surface area contributed by atoms with E-state index in [1.54, 1.807) is 24.3 Å². The van der Waals surface area contributed by atoms with Crippen molar-refractivity contribution in [1.29, 1.82) is 5.26 Å². The summed E-state index contributed by atoms with van der Waals surface area (Å²) in [5.41, 5.74) is -0.203. The first kappa shape index (κ1) is 16.1. The fraction of sp³-hybridized carbons (Fsp3) is 0.125. The first-order valence-electron chi connectivity index (χ1n) is 6.29. The molecule has 0 bridgehead atoms. The lowest BCUT2D eigenvalue weighted by Gasteiger charge is -2.08. The summed E-state index contributed by atoms with van der Waals surface area (Å²) >= 11 is 0. The van der Waals surface area contributed by atoms with Gasteiger partial charge >= 0.3 is 0 Å². The molecule has 0 saturated carbocycles. The third kappa shape index (κ3) is 4.27. The SMILES string of the molecule is CC.N#Cc1cc(F)c(N=C=O)cc1Oc1ccccc1. The smallest absolute Gasteiger partial charge is 0.240 e. The van der Waals surface area contributed by atoms with Crippen LogP contribution >= 0.6 is 0 Å². The lowest BCUT2D eigenvalue weighted by Crippen LogP contribution is -1.90. The number of ether oxygens (including phenoxy) is 1. The first-order valence-corrected chi connectivity index (χ1v) is 6.29. The van der Waals surface area contributed by atoms with Gasteiger partial charge in [-0.3, -0.25) is 0 Å². The number of halogens is 1. The lowest BCUT2D eigenvalue weighted by molar-refractivity contribution is 0.479. The number of isocyanates is 1. The van der Waals surface area contributed by atoms with Gasteiger partial charge in [-0.2, -0.15) is 10.3 Å². The van der Waals surface area contributed by atoms with Crippen LogP contribution in [0.4, 0.5) is 10.1 Å². The van der Waals surface area contributed by atoms with E-state index in [9.17, 15) is 9.18 Å². The van der Waals surface area contributed by atoms with Crippen molar-refractivity contribution in [3.05, 3.63) is 53.8 Å².